The summed E-state index contributed by atoms with van der Waals surface area (Å²) < 4.78 is 6.62. The van der Waals surface area contributed by atoms with E-state index in [0.717, 1.165) is 25.4 Å². The average molecular weight is 458 g/mol. The van der Waals surface area contributed by atoms with Gasteiger partial charge in [-0.1, -0.05) is 12.1 Å². The predicted octanol–water partition coefficient (Wildman–Crippen LogP) is 2.90. The van der Waals surface area contributed by atoms with Gasteiger partial charge < -0.3 is 9.64 Å². The number of H-pyrrole nitrogens is 1. The number of nitrogens with zero attached hydrogens (tertiary/aromatic N) is 3. The van der Waals surface area contributed by atoms with E-state index in [1.54, 1.807) is 7.11 Å². The van der Waals surface area contributed by atoms with Crippen LogP contribution in [0.1, 0.15) is 16.1 Å². The average Bonchev–Trinajstić information content (AvgIpc) is 2.94. The molecule has 1 aromatic heterocycles. The van der Waals surface area contributed by atoms with Crippen molar-refractivity contribution in [3.05, 3.63) is 44.6 Å². The van der Waals surface area contributed by atoms with Gasteiger partial charge in [-0.05, 0) is 49.6 Å². The first-order chi connectivity index (χ1) is 11.6. The zero-order chi connectivity index (χ0) is 17.1. The van der Waals surface area contributed by atoms with Crippen LogP contribution in [0.2, 0.25) is 0 Å². The van der Waals surface area contributed by atoms with Crippen molar-refractivity contribution in [1.29, 1.82) is 0 Å². The fraction of sp³-hybridized carbons (Fsp3) is 0.375. The Balaban J connectivity index is 1.57. The summed E-state index contributed by atoms with van der Waals surface area (Å²) in [6, 6.07) is 8.09. The van der Waals surface area contributed by atoms with Crippen molar-refractivity contribution < 1.29 is 9.53 Å². The van der Waals surface area contributed by atoms with E-state index >= 15 is 0 Å². The number of nitrogens with one attached hydrogen (secondary N) is 1. The van der Waals surface area contributed by atoms with Crippen LogP contribution < -0.4 is 4.74 Å². The molecule has 0 atom stereocenters. The van der Waals surface area contributed by atoms with Crippen molar-refractivity contribution in [2.45, 2.75) is 6.54 Å². The zero-order valence-corrected chi connectivity index (χ0v) is 16.4. The minimum atomic E-state index is -0.0511. The normalized spacial score (nSPS) is 15.5. The van der Waals surface area contributed by atoms with Crippen molar-refractivity contribution in [1.82, 2.24) is 20.0 Å². The highest BCUT2D eigenvalue weighted by molar-refractivity contribution is 9.13. The van der Waals surface area contributed by atoms with Crippen LogP contribution in [0.5, 0.6) is 5.75 Å². The van der Waals surface area contributed by atoms with Gasteiger partial charge >= 0.3 is 0 Å². The van der Waals surface area contributed by atoms with Gasteiger partial charge in [0, 0.05) is 32.7 Å². The summed E-state index contributed by atoms with van der Waals surface area (Å²) in [5.41, 5.74) is 1.64. The van der Waals surface area contributed by atoms with E-state index in [9.17, 15) is 4.79 Å². The van der Waals surface area contributed by atoms with Gasteiger partial charge in [0.25, 0.3) is 5.91 Å². The van der Waals surface area contributed by atoms with Crippen LogP contribution in [-0.2, 0) is 6.54 Å². The monoisotopic (exact) mass is 456 g/mol. The molecule has 0 radical (unpaired) electrons. The Bertz CT molecular complexity index is 727. The largest absolute Gasteiger partial charge is 0.497 e. The number of aromatic amines is 1. The first-order valence-corrected chi connectivity index (χ1v) is 9.21. The summed E-state index contributed by atoms with van der Waals surface area (Å²) in [5, 5.41) is 6.82. The number of rotatable bonds is 4. The Morgan fingerprint density at radius 1 is 1.29 bits per heavy atom. The Morgan fingerprint density at radius 3 is 2.67 bits per heavy atom. The number of halogens is 2. The molecule has 1 aliphatic heterocycles. The van der Waals surface area contributed by atoms with Crippen LogP contribution in [-0.4, -0.2) is 59.2 Å². The van der Waals surface area contributed by atoms with Crippen LogP contribution >= 0.6 is 31.9 Å². The molecular formula is C16H18Br2N4O2. The van der Waals surface area contributed by atoms with E-state index < -0.39 is 0 Å². The lowest BCUT2D eigenvalue weighted by Gasteiger charge is -2.34. The summed E-state index contributed by atoms with van der Waals surface area (Å²) >= 11 is 6.69. The van der Waals surface area contributed by atoms with Crippen molar-refractivity contribution >= 4 is 37.8 Å². The molecule has 0 spiro atoms. The summed E-state index contributed by atoms with van der Waals surface area (Å²) in [7, 11) is 1.68. The number of aromatic nitrogens is 2. The van der Waals surface area contributed by atoms with Gasteiger partial charge in [-0.25, -0.2) is 0 Å². The second-order valence-corrected chi connectivity index (χ2v) is 7.21. The van der Waals surface area contributed by atoms with E-state index in [2.05, 4.69) is 59.1 Å². The lowest BCUT2D eigenvalue weighted by Crippen LogP contribution is -2.48. The molecule has 24 heavy (non-hydrogen) atoms. The van der Waals surface area contributed by atoms with Crippen LogP contribution in [0.3, 0.4) is 0 Å². The third kappa shape index (κ3) is 3.81. The third-order valence-corrected chi connectivity index (χ3v) is 5.95. The molecule has 1 aliphatic rings. The molecule has 128 valence electrons. The van der Waals surface area contributed by atoms with Gasteiger partial charge in [0.1, 0.15) is 10.4 Å². The quantitative estimate of drug-likeness (QED) is 0.766. The highest BCUT2D eigenvalue weighted by Gasteiger charge is 2.26. The Kier molecular flexibility index (Phi) is 5.57. The molecule has 1 saturated heterocycles. The molecule has 1 amide bonds. The molecule has 1 aromatic carbocycles. The smallest absolute Gasteiger partial charge is 0.275 e. The van der Waals surface area contributed by atoms with Gasteiger partial charge in [-0.15, -0.1) is 0 Å². The number of methoxy groups -OCH3 is 1. The molecule has 0 bridgehead atoms. The number of hydrogen-bond acceptors (Lipinski definition) is 4. The second kappa shape index (κ2) is 7.67. The van der Waals surface area contributed by atoms with Crippen LogP contribution in [0.4, 0.5) is 0 Å². The van der Waals surface area contributed by atoms with E-state index in [-0.39, 0.29) is 5.91 Å². The minimum Gasteiger partial charge on any atom is -0.497 e. The van der Waals surface area contributed by atoms with Gasteiger partial charge in [0.05, 0.1) is 11.6 Å². The Morgan fingerprint density at radius 2 is 2.04 bits per heavy atom. The molecule has 3 rings (SSSR count). The van der Waals surface area contributed by atoms with Gasteiger partial charge in [0.2, 0.25) is 0 Å². The van der Waals surface area contributed by atoms with Crippen LogP contribution in [0.15, 0.2) is 33.3 Å². The van der Waals surface area contributed by atoms with Crippen molar-refractivity contribution in [3.8, 4) is 5.75 Å². The highest BCUT2D eigenvalue weighted by Crippen LogP contribution is 2.25. The fourth-order valence-electron chi connectivity index (χ4n) is 2.74. The van der Waals surface area contributed by atoms with Crippen molar-refractivity contribution in [3.63, 3.8) is 0 Å². The third-order valence-electron chi connectivity index (χ3n) is 4.07. The Labute approximate surface area is 157 Å². The lowest BCUT2D eigenvalue weighted by molar-refractivity contribution is 0.0622. The van der Waals surface area contributed by atoms with E-state index in [1.165, 1.54) is 5.56 Å². The van der Waals surface area contributed by atoms with Crippen molar-refractivity contribution in [2.75, 3.05) is 33.3 Å². The topological polar surface area (TPSA) is 61.5 Å². The maximum Gasteiger partial charge on any atom is 0.275 e. The van der Waals surface area contributed by atoms with E-state index in [0.29, 0.717) is 27.9 Å². The summed E-state index contributed by atoms with van der Waals surface area (Å²) in [5.74, 6) is 0.820. The molecule has 6 nitrogen and oxygen atoms in total. The van der Waals surface area contributed by atoms with Crippen molar-refractivity contribution in [2.24, 2.45) is 0 Å². The number of carbonyl (C=O) groups is 1. The number of ether oxygens (including phenoxy) is 1. The molecule has 2 heterocycles. The molecule has 0 unspecified atom stereocenters. The Hall–Kier alpha value is -1.38. The summed E-state index contributed by atoms with van der Waals surface area (Å²) in [6.07, 6.45) is 0. The maximum atomic E-state index is 12.5. The number of amides is 1. The summed E-state index contributed by atoms with van der Waals surface area (Å²) in [4.78, 5) is 16.7. The van der Waals surface area contributed by atoms with Crippen LogP contribution in [0.25, 0.3) is 0 Å². The number of carbonyl (C=O) groups excluding carboxylic acids is 1. The molecule has 0 saturated carbocycles. The molecule has 8 heteroatoms. The molecule has 1 fully saturated rings. The molecule has 2 aromatic rings. The number of hydrogen-bond donors (Lipinski definition) is 1. The van der Waals surface area contributed by atoms with Gasteiger partial charge in [-0.3, -0.25) is 14.8 Å². The minimum absolute atomic E-state index is 0.0511. The first-order valence-electron chi connectivity index (χ1n) is 7.62. The fourth-order valence-corrected chi connectivity index (χ4v) is 3.36. The highest BCUT2D eigenvalue weighted by atomic mass is 79.9. The lowest BCUT2D eigenvalue weighted by atomic mass is 10.2. The second-order valence-electron chi connectivity index (χ2n) is 5.62. The molecule has 1 N–H and O–H groups in total. The number of benzene rings is 1. The SMILES string of the molecule is COc1cccc(CN2CCN(C(=O)c3n[nH]c(Br)c3Br)CC2)c1. The van der Waals surface area contributed by atoms with E-state index in [1.807, 2.05) is 17.0 Å². The maximum absolute atomic E-state index is 12.5. The predicted molar refractivity (Wildman–Crippen MR) is 98.2 cm³/mol. The van der Waals surface area contributed by atoms with E-state index in [4.69, 9.17) is 4.74 Å². The standard InChI is InChI=1S/C16H18Br2N4O2/c1-24-12-4-2-3-11(9-12)10-21-5-7-22(8-6-21)16(23)14-13(17)15(18)20-19-14/h2-4,9H,5-8,10H2,1H3,(H,19,20). The summed E-state index contributed by atoms with van der Waals surface area (Å²) in [6.45, 7) is 3.93. The first kappa shape index (κ1) is 17.4. The number of piperazine rings is 1. The van der Waals surface area contributed by atoms with Crippen LogP contribution in [0, 0.1) is 0 Å². The molecular weight excluding hydrogens is 440 g/mol. The molecule has 0 aliphatic carbocycles. The van der Waals surface area contributed by atoms with Gasteiger partial charge in [-0.2, -0.15) is 5.10 Å². The zero-order valence-electron chi connectivity index (χ0n) is 13.3. The van der Waals surface area contributed by atoms with Gasteiger partial charge in [0.15, 0.2) is 5.69 Å².